The van der Waals surface area contributed by atoms with E-state index >= 15 is 0 Å². The van der Waals surface area contributed by atoms with Gasteiger partial charge in [0.15, 0.2) is 0 Å². The monoisotopic (exact) mass is 153 g/mol. The van der Waals surface area contributed by atoms with Gasteiger partial charge in [-0.2, -0.15) is 13.2 Å². The lowest BCUT2D eigenvalue weighted by Crippen LogP contribution is -2.20. The summed E-state index contributed by atoms with van der Waals surface area (Å²) in [6.45, 7) is 0. The molecule has 0 bridgehead atoms. The third kappa shape index (κ3) is 1.22. The summed E-state index contributed by atoms with van der Waals surface area (Å²) in [5.74, 6) is -3.27. The number of rotatable bonds is 1. The van der Waals surface area contributed by atoms with E-state index < -0.39 is 23.9 Å². The smallest absolute Gasteiger partial charge is 0.369 e. The zero-order valence-electron chi connectivity index (χ0n) is 4.98. The van der Waals surface area contributed by atoms with Crippen molar-refractivity contribution in [3.8, 4) is 0 Å². The second-order valence-electron chi connectivity index (χ2n) is 2.39. The predicted octanol–water partition coefficient (Wildman–Crippen LogP) is 0.670. The molecule has 1 amide bonds. The van der Waals surface area contributed by atoms with Crippen molar-refractivity contribution < 1.29 is 18.0 Å². The Morgan fingerprint density at radius 3 is 2.10 bits per heavy atom. The minimum absolute atomic E-state index is 0.126. The summed E-state index contributed by atoms with van der Waals surface area (Å²) in [5.41, 5.74) is 4.65. The van der Waals surface area contributed by atoms with Crippen molar-refractivity contribution in [3.05, 3.63) is 0 Å². The lowest BCUT2D eigenvalue weighted by atomic mass is 10.3. The molecule has 0 aromatic rings. The van der Waals surface area contributed by atoms with Gasteiger partial charge in [-0.15, -0.1) is 0 Å². The van der Waals surface area contributed by atoms with Crippen molar-refractivity contribution in [1.82, 2.24) is 0 Å². The summed E-state index contributed by atoms with van der Waals surface area (Å²) in [6.07, 6.45) is -4.36. The van der Waals surface area contributed by atoms with E-state index in [9.17, 15) is 18.0 Å². The van der Waals surface area contributed by atoms with Gasteiger partial charge >= 0.3 is 6.18 Å². The van der Waals surface area contributed by atoms with Gasteiger partial charge in [-0.25, -0.2) is 0 Å². The topological polar surface area (TPSA) is 43.1 Å². The molecule has 0 saturated heterocycles. The minimum atomic E-state index is -4.24. The Morgan fingerprint density at radius 2 is 2.00 bits per heavy atom. The Hall–Kier alpha value is -0.740. The van der Waals surface area contributed by atoms with Crippen LogP contribution in [-0.2, 0) is 4.79 Å². The van der Waals surface area contributed by atoms with Crippen LogP contribution in [0.4, 0.5) is 13.2 Å². The number of nitrogens with two attached hydrogens (primary N) is 1. The van der Waals surface area contributed by atoms with E-state index in [0.717, 1.165) is 0 Å². The van der Waals surface area contributed by atoms with Crippen LogP contribution in [0.1, 0.15) is 6.42 Å². The third-order valence-corrected chi connectivity index (χ3v) is 1.58. The maximum Gasteiger partial charge on any atom is 0.392 e. The Labute approximate surface area is 55.2 Å². The highest BCUT2D eigenvalue weighted by Gasteiger charge is 2.58. The van der Waals surface area contributed by atoms with Gasteiger partial charge < -0.3 is 5.73 Å². The van der Waals surface area contributed by atoms with Crippen LogP contribution in [0.15, 0.2) is 0 Å². The van der Waals surface area contributed by atoms with E-state index in [0.29, 0.717) is 0 Å². The molecule has 0 aliphatic heterocycles. The summed E-state index contributed by atoms with van der Waals surface area (Å²) in [6, 6.07) is 0. The second kappa shape index (κ2) is 1.87. The zero-order valence-corrected chi connectivity index (χ0v) is 4.98. The average Bonchev–Trinajstić information content (AvgIpc) is 2.35. The van der Waals surface area contributed by atoms with Crippen LogP contribution in [0.5, 0.6) is 0 Å². The first-order chi connectivity index (χ1) is 4.43. The molecule has 1 rings (SSSR count). The number of halogens is 3. The van der Waals surface area contributed by atoms with Gasteiger partial charge in [-0.3, -0.25) is 4.79 Å². The molecule has 0 spiro atoms. The number of carbonyl (C=O) groups is 1. The Morgan fingerprint density at radius 1 is 1.50 bits per heavy atom. The number of amides is 1. The summed E-state index contributed by atoms with van der Waals surface area (Å²) in [5, 5.41) is 0. The van der Waals surface area contributed by atoms with Crippen molar-refractivity contribution in [2.45, 2.75) is 12.6 Å². The Bertz CT molecular complexity index is 165. The van der Waals surface area contributed by atoms with E-state index in [2.05, 4.69) is 5.73 Å². The van der Waals surface area contributed by atoms with Crippen LogP contribution in [0.25, 0.3) is 0 Å². The summed E-state index contributed by atoms with van der Waals surface area (Å²) in [7, 11) is 0. The van der Waals surface area contributed by atoms with Crippen LogP contribution < -0.4 is 5.73 Å². The van der Waals surface area contributed by atoms with Crippen molar-refractivity contribution >= 4 is 5.91 Å². The van der Waals surface area contributed by atoms with Gasteiger partial charge in [0.1, 0.15) is 0 Å². The third-order valence-electron chi connectivity index (χ3n) is 1.58. The van der Waals surface area contributed by atoms with Gasteiger partial charge in [0.2, 0.25) is 5.91 Å². The molecule has 1 fully saturated rings. The van der Waals surface area contributed by atoms with Crippen molar-refractivity contribution in [2.24, 2.45) is 17.6 Å². The van der Waals surface area contributed by atoms with Gasteiger partial charge in [-0.05, 0) is 6.42 Å². The van der Waals surface area contributed by atoms with E-state index in [1.807, 2.05) is 0 Å². The first-order valence-corrected chi connectivity index (χ1v) is 2.79. The molecule has 2 unspecified atom stereocenters. The average molecular weight is 153 g/mol. The van der Waals surface area contributed by atoms with Crippen molar-refractivity contribution in [3.63, 3.8) is 0 Å². The number of carbonyl (C=O) groups excluding carboxylic acids is 1. The molecule has 1 aliphatic rings. The fourth-order valence-electron chi connectivity index (χ4n) is 0.871. The summed E-state index contributed by atoms with van der Waals surface area (Å²) in [4.78, 5) is 10.1. The summed E-state index contributed by atoms with van der Waals surface area (Å²) >= 11 is 0. The molecule has 2 atom stereocenters. The van der Waals surface area contributed by atoms with Gasteiger partial charge in [0.05, 0.1) is 5.92 Å². The molecule has 5 heteroatoms. The predicted molar refractivity (Wildman–Crippen MR) is 26.8 cm³/mol. The fraction of sp³-hybridized carbons (Fsp3) is 0.800. The first kappa shape index (κ1) is 7.37. The number of alkyl halides is 3. The zero-order chi connectivity index (χ0) is 7.94. The van der Waals surface area contributed by atoms with E-state index in [4.69, 9.17) is 0 Å². The lowest BCUT2D eigenvalue weighted by molar-refractivity contribution is -0.154. The molecule has 1 saturated carbocycles. The first-order valence-electron chi connectivity index (χ1n) is 2.79. The second-order valence-corrected chi connectivity index (χ2v) is 2.39. The van der Waals surface area contributed by atoms with E-state index in [1.165, 1.54) is 0 Å². The molecular weight excluding hydrogens is 147 g/mol. The van der Waals surface area contributed by atoms with Crippen LogP contribution in [0.2, 0.25) is 0 Å². The van der Waals surface area contributed by atoms with Crippen LogP contribution in [-0.4, -0.2) is 12.1 Å². The highest BCUT2D eigenvalue weighted by molar-refractivity contribution is 5.79. The van der Waals surface area contributed by atoms with Gasteiger partial charge in [0, 0.05) is 5.92 Å². The molecule has 58 valence electrons. The van der Waals surface area contributed by atoms with Crippen LogP contribution in [0.3, 0.4) is 0 Å². The van der Waals surface area contributed by atoms with Gasteiger partial charge in [0.25, 0.3) is 0 Å². The highest BCUT2D eigenvalue weighted by Crippen LogP contribution is 2.49. The summed E-state index contributed by atoms with van der Waals surface area (Å²) < 4.78 is 34.9. The molecule has 1 aliphatic carbocycles. The minimum Gasteiger partial charge on any atom is -0.369 e. The SMILES string of the molecule is NC(=O)C1CC1C(F)(F)F. The molecule has 10 heavy (non-hydrogen) atoms. The van der Waals surface area contributed by atoms with E-state index in [1.54, 1.807) is 0 Å². The number of hydrogen-bond acceptors (Lipinski definition) is 1. The van der Waals surface area contributed by atoms with E-state index in [-0.39, 0.29) is 6.42 Å². The molecule has 0 aromatic heterocycles. The standard InChI is InChI=1S/C5H6F3NO/c6-5(7,8)3-1-2(3)4(9)10/h2-3H,1H2,(H2,9,10). The molecular formula is C5H6F3NO. The molecule has 0 heterocycles. The maximum atomic E-state index is 11.6. The van der Waals surface area contributed by atoms with Gasteiger partial charge in [-0.1, -0.05) is 0 Å². The lowest BCUT2D eigenvalue weighted by Gasteiger charge is -2.01. The van der Waals surface area contributed by atoms with Crippen molar-refractivity contribution in [1.29, 1.82) is 0 Å². The van der Waals surface area contributed by atoms with Crippen LogP contribution in [0, 0.1) is 11.8 Å². The maximum absolute atomic E-state index is 11.6. The Kier molecular flexibility index (Phi) is 1.38. The fourth-order valence-corrected chi connectivity index (χ4v) is 0.871. The Balaban J connectivity index is 2.46. The number of hydrogen-bond donors (Lipinski definition) is 1. The quantitative estimate of drug-likeness (QED) is 0.591. The molecule has 0 radical (unpaired) electrons. The molecule has 2 nitrogen and oxygen atoms in total. The highest BCUT2D eigenvalue weighted by atomic mass is 19.4. The van der Waals surface area contributed by atoms with Crippen molar-refractivity contribution in [2.75, 3.05) is 0 Å². The number of primary amides is 1. The molecule has 2 N–H and O–H groups in total. The van der Waals surface area contributed by atoms with Crippen LogP contribution >= 0.6 is 0 Å². The normalized spacial score (nSPS) is 31.9. The largest absolute Gasteiger partial charge is 0.392 e. The molecule has 0 aromatic carbocycles.